The summed E-state index contributed by atoms with van der Waals surface area (Å²) in [5, 5.41) is 12.5. The number of aromatic amines is 1. The van der Waals surface area contributed by atoms with Gasteiger partial charge in [0.15, 0.2) is 5.82 Å². The molecule has 1 saturated carbocycles. The third-order valence-corrected chi connectivity index (χ3v) is 5.86. The van der Waals surface area contributed by atoms with Crippen molar-refractivity contribution >= 4 is 37.6 Å². The molecule has 0 unspecified atom stereocenters. The summed E-state index contributed by atoms with van der Waals surface area (Å²) < 4.78 is 1.21. The maximum absolute atomic E-state index is 4.68. The number of thiophene rings is 1. The van der Waals surface area contributed by atoms with Crippen LogP contribution in [0.15, 0.2) is 6.07 Å². The van der Waals surface area contributed by atoms with Crippen LogP contribution in [-0.2, 0) is 0 Å². The highest BCUT2D eigenvalue weighted by molar-refractivity contribution is 7.26. The number of aromatic nitrogens is 3. The second-order valence-electron chi connectivity index (χ2n) is 6.52. The van der Waals surface area contributed by atoms with E-state index in [0.717, 1.165) is 34.3 Å². The van der Waals surface area contributed by atoms with Crippen molar-refractivity contribution in [3.63, 3.8) is 0 Å². The van der Waals surface area contributed by atoms with Gasteiger partial charge in [0.1, 0.15) is 4.83 Å². The average molecular weight is 314 g/mol. The molecule has 0 bridgehead atoms. The molecule has 0 radical (unpaired) electrons. The van der Waals surface area contributed by atoms with Gasteiger partial charge in [0, 0.05) is 17.6 Å². The summed E-state index contributed by atoms with van der Waals surface area (Å²) in [5.74, 6) is 1.80. The molecule has 1 fully saturated rings. The standard InChI is InChI=1S/C17H22N4S/c1-10-8-11(2)19-17-13(10)14-15(22-17)16(21-20-14)18-9-12-6-4-3-5-7-12/h8,12H,3-7,9H2,1-2H3,(H2,18,20,21). The van der Waals surface area contributed by atoms with Crippen LogP contribution in [0.4, 0.5) is 5.82 Å². The highest BCUT2D eigenvalue weighted by Gasteiger charge is 2.17. The van der Waals surface area contributed by atoms with E-state index in [9.17, 15) is 0 Å². The van der Waals surface area contributed by atoms with Gasteiger partial charge in [0.05, 0.1) is 10.2 Å². The zero-order valence-corrected chi connectivity index (χ0v) is 14.0. The van der Waals surface area contributed by atoms with Crippen LogP contribution >= 0.6 is 11.3 Å². The summed E-state index contributed by atoms with van der Waals surface area (Å²) in [6.07, 6.45) is 6.88. The molecular weight excluding hydrogens is 292 g/mol. The molecule has 1 aliphatic carbocycles. The molecule has 3 aromatic heterocycles. The lowest BCUT2D eigenvalue weighted by atomic mass is 9.89. The average Bonchev–Trinajstić information content (AvgIpc) is 3.04. The van der Waals surface area contributed by atoms with E-state index < -0.39 is 0 Å². The van der Waals surface area contributed by atoms with Crippen LogP contribution < -0.4 is 5.32 Å². The Balaban J connectivity index is 1.65. The van der Waals surface area contributed by atoms with Gasteiger partial charge in [-0.2, -0.15) is 5.10 Å². The number of fused-ring (bicyclic) bond motifs is 3. The van der Waals surface area contributed by atoms with Crippen molar-refractivity contribution in [1.82, 2.24) is 15.2 Å². The zero-order chi connectivity index (χ0) is 15.1. The molecule has 0 aliphatic heterocycles. The lowest BCUT2D eigenvalue weighted by Gasteiger charge is -2.21. The van der Waals surface area contributed by atoms with Crippen molar-refractivity contribution in [3.8, 4) is 0 Å². The van der Waals surface area contributed by atoms with Gasteiger partial charge < -0.3 is 5.32 Å². The SMILES string of the molecule is Cc1cc(C)c2c(n1)sc1c(NCC3CCCCC3)n[nH]c12. The monoisotopic (exact) mass is 314 g/mol. The van der Waals surface area contributed by atoms with Crippen molar-refractivity contribution in [2.75, 3.05) is 11.9 Å². The predicted octanol–water partition coefficient (Wildman–Crippen LogP) is 4.78. The molecule has 0 atom stereocenters. The molecule has 1 aliphatic rings. The van der Waals surface area contributed by atoms with E-state index in [1.165, 1.54) is 47.8 Å². The van der Waals surface area contributed by atoms with Crippen LogP contribution in [0.3, 0.4) is 0 Å². The minimum atomic E-state index is 0.803. The van der Waals surface area contributed by atoms with Gasteiger partial charge in [-0.05, 0) is 44.2 Å². The van der Waals surface area contributed by atoms with Crippen molar-refractivity contribution in [2.24, 2.45) is 5.92 Å². The van der Waals surface area contributed by atoms with Crippen LogP contribution in [-0.4, -0.2) is 21.7 Å². The van der Waals surface area contributed by atoms with Gasteiger partial charge in [-0.3, -0.25) is 5.10 Å². The molecule has 0 aromatic carbocycles. The molecule has 4 nitrogen and oxygen atoms in total. The van der Waals surface area contributed by atoms with Crippen molar-refractivity contribution in [3.05, 3.63) is 17.3 Å². The Labute approximate surface area is 134 Å². The fraction of sp³-hybridized carbons (Fsp3) is 0.529. The molecule has 2 N–H and O–H groups in total. The van der Waals surface area contributed by atoms with Crippen molar-refractivity contribution in [1.29, 1.82) is 0 Å². The Kier molecular flexibility index (Phi) is 3.53. The molecule has 3 aromatic rings. The maximum atomic E-state index is 4.68. The normalized spacial score (nSPS) is 16.6. The number of pyridine rings is 1. The van der Waals surface area contributed by atoms with Gasteiger partial charge in [-0.15, -0.1) is 11.3 Å². The molecule has 0 amide bonds. The third kappa shape index (κ3) is 2.37. The summed E-state index contributed by atoms with van der Waals surface area (Å²) in [7, 11) is 0. The molecule has 4 rings (SSSR count). The molecule has 22 heavy (non-hydrogen) atoms. The van der Waals surface area contributed by atoms with Crippen LogP contribution in [0.1, 0.15) is 43.4 Å². The second kappa shape index (κ2) is 5.54. The van der Waals surface area contributed by atoms with Crippen molar-refractivity contribution in [2.45, 2.75) is 46.0 Å². The number of aryl methyl sites for hydroxylation is 2. The smallest absolute Gasteiger partial charge is 0.165 e. The first-order valence-corrected chi connectivity index (χ1v) is 9.02. The minimum Gasteiger partial charge on any atom is -0.367 e. The van der Waals surface area contributed by atoms with E-state index in [2.05, 4.69) is 40.4 Å². The minimum absolute atomic E-state index is 0.803. The van der Waals surface area contributed by atoms with Gasteiger partial charge >= 0.3 is 0 Å². The first-order chi connectivity index (χ1) is 10.7. The van der Waals surface area contributed by atoms with Crippen molar-refractivity contribution < 1.29 is 0 Å². The largest absolute Gasteiger partial charge is 0.367 e. The van der Waals surface area contributed by atoms with E-state index in [0.29, 0.717) is 0 Å². The van der Waals surface area contributed by atoms with E-state index in [1.54, 1.807) is 11.3 Å². The van der Waals surface area contributed by atoms with Crippen LogP contribution in [0.2, 0.25) is 0 Å². The fourth-order valence-electron chi connectivity index (χ4n) is 3.63. The Hall–Kier alpha value is -1.62. The van der Waals surface area contributed by atoms with Gasteiger partial charge in [0.25, 0.3) is 0 Å². The zero-order valence-electron chi connectivity index (χ0n) is 13.2. The summed E-state index contributed by atoms with van der Waals surface area (Å²) >= 11 is 1.74. The van der Waals surface area contributed by atoms with E-state index in [4.69, 9.17) is 0 Å². The molecule has 0 spiro atoms. The molecule has 0 saturated heterocycles. The number of hydrogen-bond donors (Lipinski definition) is 2. The van der Waals surface area contributed by atoms with E-state index in [-0.39, 0.29) is 0 Å². The Morgan fingerprint density at radius 2 is 2.09 bits per heavy atom. The van der Waals surface area contributed by atoms with Crippen LogP contribution in [0.25, 0.3) is 20.4 Å². The quantitative estimate of drug-likeness (QED) is 0.731. The molecular formula is C17H22N4S. The number of nitrogens with one attached hydrogen (secondary N) is 2. The third-order valence-electron chi connectivity index (χ3n) is 4.76. The summed E-state index contributed by atoms with van der Waals surface area (Å²) in [4.78, 5) is 5.79. The number of hydrogen-bond acceptors (Lipinski definition) is 4. The van der Waals surface area contributed by atoms with E-state index >= 15 is 0 Å². The Morgan fingerprint density at radius 1 is 1.27 bits per heavy atom. The van der Waals surface area contributed by atoms with Gasteiger partial charge in [-0.25, -0.2) is 4.98 Å². The highest BCUT2D eigenvalue weighted by Crippen LogP contribution is 2.37. The van der Waals surface area contributed by atoms with E-state index in [1.807, 2.05) is 0 Å². The van der Waals surface area contributed by atoms with Gasteiger partial charge in [-0.1, -0.05) is 19.3 Å². The number of nitrogens with zero attached hydrogens (tertiary/aromatic N) is 2. The topological polar surface area (TPSA) is 53.6 Å². The molecule has 5 heteroatoms. The molecule has 3 heterocycles. The van der Waals surface area contributed by atoms with Crippen LogP contribution in [0, 0.1) is 19.8 Å². The fourth-order valence-corrected chi connectivity index (χ4v) is 4.84. The summed E-state index contributed by atoms with van der Waals surface area (Å²) in [6.45, 7) is 5.25. The maximum Gasteiger partial charge on any atom is 0.165 e. The first kappa shape index (κ1) is 14.0. The first-order valence-electron chi connectivity index (χ1n) is 8.21. The summed E-state index contributed by atoms with van der Waals surface area (Å²) in [6, 6.07) is 2.14. The number of H-pyrrole nitrogens is 1. The lowest BCUT2D eigenvalue weighted by Crippen LogP contribution is -2.17. The lowest BCUT2D eigenvalue weighted by molar-refractivity contribution is 0.373. The number of anilines is 1. The van der Waals surface area contributed by atoms with Crippen LogP contribution in [0.5, 0.6) is 0 Å². The Bertz CT molecular complexity index is 811. The predicted molar refractivity (Wildman–Crippen MR) is 93.8 cm³/mol. The summed E-state index contributed by atoms with van der Waals surface area (Å²) in [5.41, 5.74) is 3.49. The number of rotatable bonds is 3. The Morgan fingerprint density at radius 3 is 2.91 bits per heavy atom. The molecule has 116 valence electrons. The highest BCUT2D eigenvalue weighted by atomic mass is 32.1. The van der Waals surface area contributed by atoms with Gasteiger partial charge in [0.2, 0.25) is 0 Å². The second-order valence-corrected chi connectivity index (χ2v) is 7.52.